The second kappa shape index (κ2) is 9.76. The monoisotopic (exact) mass is 311 g/mol. The first-order chi connectivity index (χ1) is 10.5. The molecule has 1 aromatic carbocycles. The summed E-state index contributed by atoms with van der Waals surface area (Å²) in [5, 5.41) is 11.5. The number of carboxylic acids is 1. The maximum atomic E-state index is 12.9. The molecule has 0 saturated heterocycles. The number of ether oxygens (including phenoxy) is 1. The topological polar surface area (TPSA) is 75.6 Å². The number of carbonyl (C=O) groups excluding carboxylic acids is 1. The Labute approximate surface area is 129 Å². The number of halogens is 1. The molecule has 122 valence electrons. The lowest BCUT2D eigenvalue weighted by Crippen LogP contribution is -2.40. The maximum Gasteiger partial charge on any atom is 0.326 e. The van der Waals surface area contributed by atoms with E-state index in [1.807, 2.05) is 6.92 Å². The van der Waals surface area contributed by atoms with Crippen molar-refractivity contribution < 1.29 is 23.8 Å². The molecule has 1 atom stereocenters. The highest BCUT2D eigenvalue weighted by atomic mass is 19.1. The van der Waals surface area contributed by atoms with Crippen LogP contribution in [-0.2, 0) is 9.59 Å². The number of benzene rings is 1. The van der Waals surface area contributed by atoms with E-state index in [9.17, 15) is 14.0 Å². The van der Waals surface area contributed by atoms with Gasteiger partial charge in [-0.25, -0.2) is 9.18 Å². The smallest absolute Gasteiger partial charge is 0.326 e. The van der Waals surface area contributed by atoms with E-state index in [1.165, 1.54) is 12.1 Å². The van der Waals surface area contributed by atoms with Crippen LogP contribution in [0.15, 0.2) is 24.3 Å². The quantitative estimate of drug-likeness (QED) is 0.652. The Bertz CT molecular complexity index is 493. The van der Waals surface area contributed by atoms with Gasteiger partial charge in [-0.2, -0.15) is 0 Å². The molecule has 1 unspecified atom stereocenters. The van der Waals surface area contributed by atoms with Gasteiger partial charge in [-0.1, -0.05) is 25.8 Å². The van der Waals surface area contributed by atoms with E-state index in [1.54, 1.807) is 12.1 Å². The summed E-state index contributed by atoms with van der Waals surface area (Å²) in [5.74, 6) is -1.30. The van der Waals surface area contributed by atoms with Gasteiger partial charge in [0.15, 0.2) is 0 Å². The van der Waals surface area contributed by atoms with Crippen LogP contribution >= 0.6 is 0 Å². The van der Waals surface area contributed by atoms with E-state index < -0.39 is 12.0 Å². The molecule has 0 spiro atoms. The third kappa shape index (κ3) is 7.06. The van der Waals surface area contributed by atoms with Gasteiger partial charge in [0.2, 0.25) is 5.91 Å². The first-order valence-electron chi connectivity index (χ1n) is 7.43. The van der Waals surface area contributed by atoms with E-state index in [-0.39, 0.29) is 24.8 Å². The zero-order valence-corrected chi connectivity index (χ0v) is 12.7. The van der Waals surface area contributed by atoms with Crippen molar-refractivity contribution in [2.45, 2.75) is 45.1 Å². The molecule has 0 bridgehead atoms. The van der Waals surface area contributed by atoms with Gasteiger partial charge >= 0.3 is 5.97 Å². The molecule has 1 rings (SSSR count). The van der Waals surface area contributed by atoms with Crippen molar-refractivity contribution in [1.29, 1.82) is 0 Å². The average Bonchev–Trinajstić information content (AvgIpc) is 2.47. The summed E-state index contributed by atoms with van der Waals surface area (Å²) in [6.07, 6.45) is 2.66. The lowest BCUT2D eigenvalue weighted by molar-refractivity contribution is -0.142. The van der Waals surface area contributed by atoms with Crippen LogP contribution in [0, 0.1) is 5.82 Å². The number of carbonyl (C=O) groups is 2. The fourth-order valence-corrected chi connectivity index (χ4v) is 1.91. The zero-order valence-electron chi connectivity index (χ0n) is 12.7. The number of hydrogen-bond donors (Lipinski definition) is 2. The van der Waals surface area contributed by atoms with Crippen LogP contribution in [0.5, 0.6) is 5.75 Å². The Hall–Kier alpha value is -2.11. The summed E-state index contributed by atoms with van der Waals surface area (Å²) in [6.45, 7) is 2.23. The second-order valence-electron chi connectivity index (χ2n) is 5.01. The van der Waals surface area contributed by atoms with Gasteiger partial charge in [0.25, 0.3) is 0 Å². The van der Waals surface area contributed by atoms with Gasteiger partial charge in [-0.3, -0.25) is 4.79 Å². The van der Waals surface area contributed by atoms with Gasteiger partial charge < -0.3 is 15.2 Å². The zero-order chi connectivity index (χ0) is 16.4. The van der Waals surface area contributed by atoms with Gasteiger partial charge in [0, 0.05) is 12.5 Å². The fraction of sp³-hybridized carbons (Fsp3) is 0.500. The Balaban J connectivity index is 2.26. The molecule has 0 fully saturated rings. The van der Waals surface area contributed by atoms with Crippen molar-refractivity contribution in [3.63, 3.8) is 0 Å². The number of aliphatic carboxylic acids is 1. The fourth-order valence-electron chi connectivity index (χ4n) is 1.91. The van der Waals surface area contributed by atoms with E-state index >= 15 is 0 Å². The molecule has 0 aliphatic carbocycles. The normalized spacial score (nSPS) is 11.7. The van der Waals surface area contributed by atoms with E-state index in [4.69, 9.17) is 9.84 Å². The minimum atomic E-state index is -1.02. The summed E-state index contributed by atoms with van der Waals surface area (Å²) >= 11 is 0. The molecule has 1 amide bonds. The number of hydrogen-bond acceptors (Lipinski definition) is 3. The molecule has 0 aromatic heterocycles. The van der Waals surface area contributed by atoms with Crippen LogP contribution in [0.2, 0.25) is 0 Å². The second-order valence-corrected chi connectivity index (χ2v) is 5.01. The number of unbranched alkanes of at least 4 members (excludes halogenated alkanes) is 1. The van der Waals surface area contributed by atoms with Crippen LogP contribution in [0.4, 0.5) is 4.39 Å². The first kappa shape index (κ1) is 17.9. The largest absolute Gasteiger partial charge is 0.493 e. The van der Waals surface area contributed by atoms with Crippen molar-refractivity contribution in [3.8, 4) is 5.75 Å². The van der Waals surface area contributed by atoms with E-state index in [0.29, 0.717) is 18.6 Å². The summed E-state index contributed by atoms with van der Waals surface area (Å²) in [7, 11) is 0. The molecule has 0 aliphatic heterocycles. The highest BCUT2D eigenvalue weighted by Crippen LogP contribution is 2.12. The third-order valence-electron chi connectivity index (χ3n) is 3.09. The van der Waals surface area contributed by atoms with Crippen LogP contribution in [0.25, 0.3) is 0 Å². The molecule has 0 heterocycles. The third-order valence-corrected chi connectivity index (χ3v) is 3.09. The molecular weight excluding hydrogens is 289 g/mol. The van der Waals surface area contributed by atoms with Crippen molar-refractivity contribution >= 4 is 11.9 Å². The first-order valence-corrected chi connectivity index (χ1v) is 7.43. The van der Waals surface area contributed by atoms with Crippen molar-refractivity contribution in [3.05, 3.63) is 30.1 Å². The molecule has 1 aromatic rings. The summed E-state index contributed by atoms with van der Waals surface area (Å²) in [6, 6.07) is 4.93. The van der Waals surface area contributed by atoms with Crippen LogP contribution < -0.4 is 10.1 Å². The Morgan fingerprint density at radius 2 is 2.14 bits per heavy atom. The summed E-state index contributed by atoms with van der Waals surface area (Å²) in [4.78, 5) is 22.7. The molecule has 2 N–H and O–H groups in total. The lowest BCUT2D eigenvalue weighted by Gasteiger charge is -2.14. The van der Waals surface area contributed by atoms with Crippen molar-refractivity contribution in [1.82, 2.24) is 5.32 Å². The number of rotatable bonds is 10. The van der Waals surface area contributed by atoms with Gasteiger partial charge in [-0.05, 0) is 25.0 Å². The summed E-state index contributed by atoms with van der Waals surface area (Å²) in [5.41, 5.74) is 0. The molecule has 22 heavy (non-hydrogen) atoms. The Morgan fingerprint density at radius 1 is 1.36 bits per heavy atom. The molecule has 0 aliphatic rings. The molecule has 5 nitrogen and oxygen atoms in total. The standard InChI is InChI=1S/C16H22FNO4/c1-2-3-8-14(16(20)21)18-15(19)9-5-10-22-13-7-4-6-12(17)11-13/h4,6-7,11,14H,2-3,5,8-10H2,1H3,(H,18,19)(H,20,21). The summed E-state index contributed by atoms with van der Waals surface area (Å²) < 4.78 is 18.2. The molecular formula is C16H22FNO4. The predicted molar refractivity (Wildman–Crippen MR) is 80.2 cm³/mol. The van der Waals surface area contributed by atoms with Gasteiger partial charge in [0.1, 0.15) is 17.6 Å². The predicted octanol–water partition coefficient (Wildman–Crippen LogP) is 2.74. The minimum Gasteiger partial charge on any atom is -0.493 e. The van der Waals surface area contributed by atoms with Crippen molar-refractivity contribution in [2.75, 3.05) is 6.61 Å². The van der Waals surface area contributed by atoms with Gasteiger partial charge in [0.05, 0.1) is 6.61 Å². The molecule has 6 heteroatoms. The highest BCUT2D eigenvalue weighted by molar-refractivity contribution is 5.83. The average molecular weight is 311 g/mol. The van der Waals surface area contributed by atoms with Crippen LogP contribution in [-0.4, -0.2) is 29.6 Å². The SMILES string of the molecule is CCCCC(NC(=O)CCCOc1cccc(F)c1)C(=O)O. The maximum absolute atomic E-state index is 12.9. The Kier molecular flexibility index (Phi) is 7.96. The molecule has 0 saturated carbocycles. The minimum absolute atomic E-state index is 0.172. The van der Waals surface area contributed by atoms with E-state index in [2.05, 4.69) is 5.32 Å². The Morgan fingerprint density at radius 3 is 2.77 bits per heavy atom. The number of amides is 1. The number of carboxylic acid groups (broad SMARTS) is 1. The molecule has 0 radical (unpaired) electrons. The lowest BCUT2D eigenvalue weighted by atomic mass is 10.1. The van der Waals surface area contributed by atoms with Crippen LogP contribution in [0.3, 0.4) is 0 Å². The van der Waals surface area contributed by atoms with Crippen LogP contribution in [0.1, 0.15) is 39.0 Å². The van der Waals surface area contributed by atoms with Gasteiger partial charge in [-0.15, -0.1) is 0 Å². The van der Waals surface area contributed by atoms with E-state index in [0.717, 1.165) is 12.8 Å². The highest BCUT2D eigenvalue weighted by Gasteiger charge is 2.18. The number of nitrogens with one attached hydrogen (secondary N) is 1. The van der Waals surface area contributed by atoms with Crippen molar-refractivity contribution in [2.24, 2.45) is 0 Å².